The normalized spacial score (nSPS) is 23.7. The molecule has 1 aromatic heterocycles. The van der Waals surface area contributed by atoms with Crippen LogP contribution < -0.4 is 5.32 Å². The van der Waals surface area contributed by atoms with E-state index in [1.165, 1.54) is 6.20 Å². The molecule has 2 aliphatic heterocycles. The number of benzene rings is 1. The molecular formula is C20H21N5O. The first-order valence-corrected chi connectivity index (χ1v) is 8.97. The second kappa shape index (κ2) is 6.41. The second-order valence-corrected chi connectivity index (χ2v) is 7.39. The van der Waals surface area contributed by atoms with Crippen LogP contribution in [0, 0.1) is 24.2 Å². The quantitative estimate of drug-likeness (QED) is 0.897. The molecule has 26 heavy (non-hydrogen) atoms. The summed E-state index contributed by atoms with van der Waals surface area (Å²) in [4.78, 5) is 23.1. The van der Waals surface area contributed by atoms with Crippen LogP contribution in [0.2, 0.25) is 0 Å². The van der Waals surface area contributed by atoms with Gasteiger partial charge in [-0.05, 0) is 49.8 Å². The van der Waals surface area contributed by atoms with Crippen LogP contribution >= 0.6 is 0 Å². The Hall–Kier alpha value is -2.94. The van der Waals surface area contributed by atoms with E-state index in [4.69, 9.17) is 5.26 Å². The molecule has 0 spiro atoms. The lowest BCUT2D eigenvalue weighted by Crippen LogP contribution is -2.63. The number of amides is 2. The molecule has 1 N–H and O–H groups in total. The van der Waals surface area contributed by atoms with E-state index >= 15 is 0 Å². The monoisotopic (exact) mass is 347 g/mol. The summed E-state index contributed by atoms with van der Waals surface area (Å²) in [6.07, 6.45) is 6.40. The number of aromatic nitrogens is 2. The molecule has 4 rings (SSSR count). The van der Waals surface area contributed by atoms with Crippen molar-refractivity contribution in [3.63, 3.8) is 0 Å². The largest absolute Gasteiger partial charge is 0.322 e. The predicted molar refractivity (Wildman–Crippen MR) is 98.4 cm³/mol. The van der Waals surface area contributed by atoms with Gasteiger partial charge in [-0.1, -0.05) is 13.0 Å². The zero-order valence-corrected chi connectivity index (χ0v) is 14.9. The summed E-state index contributed by atoms with van der Waals surface area (Å²) in [5.74, 6) is 0.708. The van der Waals surface area contributed by atoms with E-state index < -0.39 is 0 Å². The lowest BCUT2D eigenvalue weighted by Gasteiger charge is -2.54. The van der Waals surface area contributed by atoms with Crippen molar-refractivity contribution < 1.29 is 4.79 Å². The van der Waals surface area contributed by atoms with Crippen LogP contribution in [-0.4, -0.2) is 33.0 Å². The van der Waals surface area contributed by atoms with Gasteiger partial charge in [0.2, 0.25) is 0 Å². The van der Waals surface area contributed by atoms with E-state index in [-0.39, 0.29) is 11.7 Å². The third kappa shape index (κ3) is 2.90. The number of hydrogen-bond donors (Lipinski definition) is 1. The summed E-state index contributed by atoms with van der Waals surface area (Å²) < 4.78 is 0. The van der Waals surface area contributed by atoms with Crippen molar-refractivity contribution in [2.75, 3.05) is 5.32 Å². The van der Waals surface area contributed by atoms with Gasteiger partial charge in [-0.25, -0.2) is 9.78 Å². The minimum Gasteiger partial charge on any atom is -0.318 e. The average molecular weight is 347 g/mol. The number of piperidine rings is 1. The zero-order valence-electron chi connectivity index (χ0n) is 14.9. The molecule has 2 saturated heterocycles. The molecule has 3 atom stereocenters. The number of nitrogens with zero attached hydrogens (tertiary/aromatic N) is 4. The molecule has 2 unspecified atom stereocenters. The molecule has 2 bridgehead atoms. The number of anilines is 1. The lowest BCUT2D eigenvalue weighted by molar-refractivity contribution is -0.00600. The van der Waals surface area contributed by atoms with E-state index in [0.29, 0.717) is 23.7 Å². The van der Waals surface area contributed by atoms with Crippen LogP contribution in [0.5, 0.6) is 0 Å². The minimum absolute atomic E-state index is 0.0233. The highest BCUT2D eigenvalue weighted by molar-refractivity contribution is 5.91. The van der Waals surface area contributed by atoms with Crippen LogP contribution in [0.15, 0.2) is 30.6 Å². The number of fused-ring (bicyclic) bond motifs is 2. The molecule has 6 nitrogen and oxygen atoms in total. The Morgan fingerprint density at radius 2 is 2.04 bits per heavy atom. The first kappa shape index (κ1) is 16.5. The topological polar surface area (TPSA) is 81.9 Å². The van der Waals surface area contributed by atoms with Gasteiger partial charge in [0.15, 0.2) is 5.69 Å². The molecule has 2 aliphatic rings. The molecule has 0 aliphatic carbocycles. The fourth-order valence-electron chi connectivity index (χ4n) is 4.19. The molecule has 132 valence electrons. The molecule has 0 radical (unpaired) electrons. The van der Waals surface area contributed by atoms with Crippen LogP contribution in [0.1, 0.15) is 37.4 Å². The number of rotatable bonds is 2. The second-order valence-electron chi connectivity index (χ2n) is 7.39. The molecule has 1 aromatic carbocycles. The molecular weight excluding hydrogens is 326 g/mol. The van der Waals surface area contributed by atoms with Gasteiger partial charge in [-0.2, -0.15) is 5.26 Å². The lowest BCUT2D eigenvalue weighted by atomic mass is 9.74. The molecule has 2 aromatic rings. The van der Waals surface area contributed by atoms with Gasteiger partial charge in [-0.3, -0.25) is 4.98 Å². The summed E-state index contributed by atoms with van der Waals surface area (Å²) in [5, 5.41) is 12.1. The smallest absolute Gasteiger partial charge is 0.318 e. The van der Waals surface area contributed by atoms with Gasteiger partial charge in [0.1, 0.15) is 6.07 Å². The van der Waals surface area contributed by atoms with Crippen molar-refractivity contribution in [1.29, 1.82) is 5.26 Å². The Kier molecular flexibility index (Phi) is 4.08. The molecule has 3 heterocycles. The summed E-state index contributed by atoms with van der Waals surface area (Å²) in [7, 11) is 0. The zero-order chi connectivity index (χ0) is 18.3. The summed E-state index contributed by atoms with van der Waals surface area (Å²) >= 11 is 0. The summed E-state index contributed by atoms with van der Waals surface area (Å²) in [5.41, 5.74) is 3.52. The van der Waals surface area contributed by atoms with Gasteiger partial charge < -0.3 is 10.2 Å². The minimum atomic E-state index is -0.0233. The fraction of sp³-hybridized carbons (Fsp3) is 0.400. The van der Waals surface area contributed by atoms with Gasteiger partial charge in [0.05, 0.1) is 18.1 Å². The van der Waals surface area contributed by atoms with Crippen LogP contribution in [0.25, 0.3) is 11.3 Å². The van der Waals surface area contributed by atoms with Crippen molar-refractivity contribution >= 4 is 11.7 Å². The van der Waals surface area contributed by atoms with E-state index in [0.717, 1.165) is 36.1 Å². The highest BCUT2D eigenvalue weighted by Crippen LogP contribution is 2.41. The third-order valence-electron chi connectivity index (χ3n) is 5.43. The first-order chi connectivity index (χ1) is 12.5. The predicted octanol–water partition coefficient (Wildman–Crippen LogP) is 3.73. The number of hydrogen-bond acceptors (Lipinski definition) is 4. The highest BCUT2D eigenvalue weighted by atomic mass is 16.2. The van der Waals surface area contributed by atoms with Gasteiger partial charge in [-0.15, -0.1) is 0 Å². The standard InChI is InChI=1S/C20H21N5O/c1-12-5-16-8-17(6-12)25(16)20(26)24-14-4-3-13(2)18(7-14)19-11-22-10-15(9-21)23-19/h3-4,7,10-12,16-17H,5-6,8H2,1-2H3,(H,24,26)/t12?,16-,17?/m0/s1. The van der Waals surface area contributed by atoms with E-state index in [1.807, 2.05) is 36.1 Å². The molecule has 2 amide bonds. The first-order valence-electron chi connectivity index (χ1n) is 8.97. The van der Waals surface area contributed by atoms with Crippen molar-refractivity contribution in [3.05, 3.63) is 41.9 Å². The Morgan fingerprint density at radius 1 is 1.27 bits per heavy atom. The summed E-state index contributed by atoms with van der Waals surface area (Å²) in [6, 6.07) is 8.50. The SMILES string of the molecule is Cc1ccc(NC(=O)N2C3CC(C)C[C@H]2C3)cc1-c1cncc(C#N)n1. The number of aryl methyl sites for hydroxylation is 1. The Morgan fingerprint density at radius 3 is 2.77 bits per heavy atom. The number of nitriles is 1. The molecule has 2 fully saturated rings. The van der Waals surface area contributed by atoms with Crippen LogP contribution in [0.4, 0.5) is 10.5 Å². The van der Waals surface area contributed by atoms with E-state index in [9.17, 15) is 4.79 Å². The van der Waals surface area contributed by atoms with Crippen molar-refractivity contribution in [1.82, 2.24) is 14.9 Å². The molecule has 6 heteroatoms. The number of nitrogens with one attached hydrogen (secondary N) is 1. The maximum absolute atomic E-state index is 12.7. The Balaban J connectivity index is 1.55. The Labute approximate surface area is 152 Å². The van der Waals surface area contributed by atoms with E-state index in [2.05, 4.69) is 22.2 Å². The number of carbonyl (C=O) groups is 1. The maximum atomic E-state index is 12.7. The van der Waals surface area contributed by atoms with Crippen LogP contribution in [0.3, 0.4) is 0 Å². The summed E-state index contributed by atoms with van der Waals surface area (Å²) in [6.45, 7) is 4.24. The number of urea groups is 1. The van der Waals surface area contributed by atoms with Gasteiger partial charge >= 0.3 is 6.03 Å². The van der Waals surface area contributed by atoms with Gasteiger partial charge in [0.25, 0.3) is 0 Å². The Bertz CT molecular complexity index is 891. The van der Waals surface area contributed by atoms with Crippen molar-refractivity contribution in [3.8, 4) is 17.3 Å². The van der Waals surface area contributed by atoms with Crippen LogP contribution in [-0.2, 0) is 0 Å². The highest BCUT2D eigenvalue weighted by Gasteiger charge is 2.46. The van der Waals surface area contributed by atoms with Crippen molar-refractivity contribution in [2.45, 2.75) is 45.2 Å². The number of carbonyl (C=O) groups excluding carboxylic acids is 1. The van der Waals surface area contributed by atoms with Crippen molar-refractivity contribution in [2.24, 2.45) is 5.92 Å². The third-order valence-corrected chi connectivity index (χ3v) is 5.43. The molecule has 0 saturated carbocycles. The average Bonchev–Trinajstić information content (AvgIpc) is 2.63. The van der Waals surface area contributed by atoms with E-state index in [1.54, 1.807) is 6.20 Å². The van der Waals surface area contributed by atoms with Gasteiger partial charge in [0, 0.05) is 23.3 Å². The maximum Gasteiger partial charge on any atom is 0.322 e. The fourth-order valence-corrected chi connectivity index (χ4v) is 4.19.